The lowest BCUT2D eigenvalue weighted by atomic mass is 9.96. The summed E-state index contributed by atoms with van der Waals surface area (Å²) in [7, 11) is 0. The Balaban J connectivity index is 0.000000182. The van der Waals surface area contributed by atoms with Gasteiger partial charge in [0.15, 0.2) is 6.10 Å². The van der Waals surface area contributed by atoms with Gasteiger partial charge in [-0.05, 0) is 77.1 Å². The van der Waals surface area contributed by atoms with Crippen LogP contribution in [0.15, 0.2) is 127 Å². The predicted molar refractivity (Wildman–Crippen MR) is 186 cm³/mol. The number of anilines is 2. The van der Waals surface area contributed by atoms with Crippen LogP contribution in [0.3, 0.4) is 0 Å². The number of nitrogens with zero attached hydrogens (tertiary/aromatic N) is 2. The minimum Gasteiger partial charge on any atom is -0.378 e. The molecule has 3 atom stereocenters. The number of rotatable bonds is 7. The lowest BCUT2D eigenvalue weighted by Gasteiger charge is -2.37. The Bertz CT molecular complexity index is 1800. The average molecular weight is 647 g/mol. The molecular formula is C40H40F2N4O2. The summed E-state index contributed by atoms with van der Waals surface area (Å²) in [5.74, 6) is -0.852. The molecule has 0 radical (unpaired) electrons. The second-order valence-corrected chi connectivity index (χ2v) is 12.5. The Morgan fingerprint density at radius 3 is 1.73 bits per heavy atom. The molecule has 4 N–H and O–H groups in total. The van der Waals surface area contributed by atoms with Gasteiger partial charge in [0.25, 0.3) is 5.91 Å². The highest BCUT2D eigenvalue weighted by molar-refractivity contribution is 5.82. The van der Waals surface area contributed by atoms with Crippen molar-refractivity contribution in [1.29, 1.82) is 0 Å². The number of aliphatic hydroxyl groups is 1. The number of halogens is 2. The van der Waals surface area contributed by atoms with Gasteiger partial charge in [-0.25, -0.2) is 8.78 Å². The first-order valence-electron chi connectivity index (χ1n) is 16.3. The van der Waals surface area contributed by atoms with E-state index in [0.717, 1.165) is 41.9 Å². The fourth-order valence-electron chi connectivity index (χ4n) is 6.49. The molecule has 0 aromatic heterocycles. The van der Waals surface area contributed by atoms with Gasteiger partial charge in [-0.3, -0.25) is 4.79 Å². The first-order chi connectivity index (χ1) is 23.3. The molecule has 1 amide bonds. The van der Waals surface area contributed by atoms with Gasteiger partial charge in [0.2, 0.25) is 0 Å². The van der Waals surface area contributed by atoms with Crippen LogP contribution in [0.2, 0.25) is 0 Å². The van der Waals surface area contributed by atoms with Crippen molar-refractivity contribution in [1.82, 2.24) is 5.32 Å². The third-order valence-corrected chi connectivity index (χ3v) is 8.79. The third-order valence-electron chi connectivity index (χ3n) is 8.79. The number of carbonyl (C=O) groups is 1. The van der Waals surface area contributed by atoms with Crippen LogP contribution in [0.1, 0.15) is 33.9 Å². The molecule has 0 saturated heterocycles. The molecule has 0 spiro atoms. The average Bonchev–Trinajstić information content (AvgIpc) is 3.10. The largest absolute Gasteiger partial charge is 0.378 e. The molecule has 5 aromatic rings. The molecule has 2 aliphatic heterocycles. The van der Waals surface area contributed by atoms with Crippen LogP contribution in [0.5, 0.6) is 0 Å². The number of hydrogen-bond acceptors (Lipinski definition) is 5. The summed E-state index contributed by atoms with van der Waals surface area (Å²) in [6.45, 7) is 2.84. The number of para-hydroxylation sites is 2. The molecule has 0 fully saturated rings. The Kier molecular flexibility index (Phi) is 10.4. The Morgan fingerprint density at radius 1 is 0.688 bits per heavy atom. The molecule has 0 bridgehead atoms. The summed E-state index contributed by atoms with van der Waals surface area (Å²) in [4.78, 5) is 17.1. The molecule has 0 saturated carbocycles. The van der Waals surface area contributed by atoms with Crippen molar-refractivity contribution < 1.29 is 18.7 Å². The topological polar surface area (TPSA) is 81.8 Å². The van der Waals surface area contributed by atoms with E-state index in [9.17, 15) is 18.7 Å². The van der Waals surface area contributed by atoms with E-state index in [1.54, 1.807) is 36.4 Å². The van der Waals surface area contributed by atoms with Gasteiger partial charge in [-0.1, -0.05) is 91.0 Å². The number of fused-ring (bicyclic) bond motifs is 2. The van der Waals surface area contributed by atoms with Crippen LogP contribution in [0.25, 0.3) is 0 Å². The second-order valence-electron chi connectivity index (χ2n) is 12.5. The molecular weight excluding hydrogens is 606 g/mol. The summed E-state index contributed by atoms with van der Waals surface area (Å²) in [6, 6.07) is 38.6. The molecule has 7 rings (SSSR count). The first kappa shape index (κ1) is 32.9. The maximum Gasteiger partial charge on any atom is 0.253 e. The predicted octanol–water partition coefficient (Wildman–Crippen LogP) is 6.32. The Hall–Kier alpha value is -5.05. The monoisotopic (exact) mass is 646 g/mol. The van der Waals surface area contributed by atoms with E-state index >= 15 is 0 Å². The maximum atomic E-state index is 13.2. The van der Waals surface area contributed by atoms with Crippen LogP contribution in [0, 0.1) is 11.6 Å². The van der Waals surface area contributed by atoms with E-state index in [4.69, 9.17) is 5.73 Å². The fourth-order valence-corrected chi connectivity index (χ4v) is 6.49. The van der Waals surface area contributed by atoms with E-state index in [2.05, 4.69) is 39.4 Å². The maximum absolute atomic E-state index is 13.2. The molecule has 48 heavy (non-hydrogen) atoms. The molecule has 0 unspecified atom stereocenters. The minimum absolute atomic E-state index is 0.129. The van der Waals surface area contributed by atoms with Crippen LogP contribution in [-0.2, 0) is 30.7 Å². The quantitative estimate of drug-likeness (QED) is 0.193. The highest BCUT2D eigenvalue weighted by atomic mass is 19.1. The first-order valence-corrected chi connectivity index (χ1v) is 16.3. The third kappa shape index (κ3) is 8.26. The summed E-state index contributed by atoms with van der Waals surface area (Å²) in [6.07, 6.45) is 0.429. The van der Waals surface area contributed by atoms with Gasteiger partial charge in [-0.15, -0.1) is 0 Å². The lowest BCUT2D eigenvalue weighted by molar-refractivity contribution is -0.130. The number of nitrogens with one attached hydrogen (secondary N) is 1. The van der Waals surface area contributed by atoms with Crippen molar-refractivity contribution in [3.8, 4) is 0 Å². The summed E-state index contributed by atoms with van der Waals surface area (Å²) < 4.78 is 26.2. The number of benzene rings is 5. The van der Waals surface area contributed by atoms with E-state index < -0.39 is 12.0 Å². The van der Waals surface area contributed by atoms with E-state index in [1.807, 2.05) is 42.5 Å². The summed E-state index contributed by atoms with van der Waals surface area (Å²) >= 11 is 0. The molecule has 2 aliphatic rings. The van der Waals surface area contributed by atoms with E-state index in [0.29, 0.717) is 25.1 Å². The SMILES string of the molecule is N[C@H]1Cc2ccccc2N(Cc2ccc(F)cc2)C1.O=C(N[C@H]1Cc2ccccc2N(Cc2ccc(F)cc2)C1)[C@@H](O)c1ccccc1. The Labute approximate surface area is 280 Å². The zero-order chi connectivity index (χ0) is 33.5. The fraction of sp³-hybridized carbons (Fsp3) is 0.225. The molecule has 2 heterocycles. The van der Waals surface area contributed by atoms with Gasteiger partial charge >= 0.3 is 0 Å². The van der Waals surface area contributed by atoms with Crippen LogP contribution in [0.4, 0.5) is 20.2 Å². The van der Waals surface area contributed by atoms with Crippen molar-refractivity contribution in [2.75, 3.05) is 22.9 Å². The van der Waals surface area contributed by atoms with Gasteiger partial charge in [0, 0.05) is 43.6 Å². The van der Waals surface area contributed by atoms with Crippen molar-refractivity contribution in [3.05, 3.63) is 167 Å². The molecule has 246 valence electrons. The number of hydrogen-bond donors (Lipinski definition) is 3. The molecule has 0 aliphatic carbocycles. The summed E-state index contributed by atoms with van der Waals surface area (Å²) in [5.41, 5.74) is 13.6. The number of aliphatic hydroxyl groups excluding tert-OH is 1. The van der Waals surface area contributed by atoms with Gasteiger partial charge in [0.1, 0.15) is 11.6 Å². The Morgan fingerprint density at radius 2 is 1.17 bits per heavy atom. The highest BCUT2D eigenvalue weighted by Gasteiger charge is 2.28. The number of carbonyl (C=O) groups excluding carboxylic acids is 1. The van der Waals surface area contributed by atoms with E-state index in [-0.39, 0.29) is 23.7 Å². The zero-order valence-corrected chi connectivity index (χ0v) is 26.7. The van der Waals surface area contributed by atoms with Crippen molar-refractivity contribution in [2.24, 2.45) is 5.73 Å². The molecule has 6 nitrogen and oxygen atoms in total. The normalized spacial score (nSPS) is 17.3. The van der Waals surface area contributed by atoms with Crippen LogP contribution < -0.4 is 20.9 Å². The van der Waals surface area contributed by atoms with Crippen LogP contribution >= 0.6 is 0 Å². The second kappa shape index (κ2) is 15.2. The molecule has 8 heteroatoms. The number of nitrogens with two attached hydrogens (primary N) is 1. The summed E-state index contributed by atoms with van der Waals surface area (Å²) in [5, 5.41) is 13.4. The highest BCUT2D eigenvalue weighted by Crippen LogP contribution is 2.30. The standard InChI is InChI=1S/C24H23FN2O2.C16H17FN2/c25-20-12-10-17(11-13-20)15-27-16-21(14-19-8-4-5-9-22(19)27)26-24(29)23(28)18-6-2-1-3-7-18;17-14-7-5-12(6-8-14)10-19-11-15(18)9-13-3-1-2-4-16(13)19/h1-13,21,23,28H,14-16H2,(H,26,29);1-8,15H,9-11,18H2/t21-,23-;15-/m00/s1. The van der Waals surface area contributed by atoms with Crippen LogP contribution in [-0.4, -0.2) is 36.2 Å². The van der Waals surface area contributed by atoms with E-state index in [1.165, 1.54) is 35.5 Å². The van der Waals surface area contributed by atoms with Gasteiger partial charge in [0.05, 0.1) is 6.04 Å². The number of amides is 1. The smallest absolute Gasteiger partial charge is 0.253 e. The van der Waals surface area contributed by atoms with Crippen molar-refractivity contribution >= 4 is 17.3 Å². The van der Waals surface area contributed by atoms with Crippen molar-refractivity contribution in [2.45, 2.75) is 44.1 Å². The van der Waals surface area contributed by atoms with Gasteiger partial charge in [-0.2, -0.15) is 0 Å². The molecule has 5 aromatic carbocycles. The van der Waals surface area contributed by atoms with Crippen molar-refractivity contribution in [3.63, 3.8) is 0 Å². The zero-order valence-electron chi connectivity index (χ0n) is 26.7. The minimum atomic E-state index is -1.20. The van der Waals surface area contributed by atoms with Gasteiger partial charge < -0.3 is 26.0 Å². The lowest BCUT2D eigenvalue weighted by Crippen LogP contribution is -2.49.